The van der Waals surface area contributed by atoms with Crippen molar-refractivity contribution in [1.29, 1.82) is 0 Å². The highest BCUT2D eigenvalue weighted by Crippen LogP contribution is 2.53. The maximum absolute atomic E-state index is 15.0. The minimum Gasteiger partial charge on any atom is -0.388 e. The van der Waals surface area contributed by atoms with Crippen LogP contribution in [0.5, 0.6) is 0 Å². The van der Waals surface area contributed by atoms with Crippen LogP contribution in [0.2, 0.25) is 0 Å². The van der Waals surface area contributed by atoms with Crippen LogP contribution in [0.4, 0.5) is 0 Å². The predicted molar refractivity (Wildman–Crippen MR) is 280 cm³/mol. The number of benzene rings is 6. The van der Waals surface area contributed by atoms with Gasteiger partial charge in [-0.2, -0.15) is 0 Å². The van der Waals surface area contributed by atoms with E-state index in [0.717, 1.165) is 41.5 Å². The molecule has 0 bridgehead atoms. The highest BCUT2D eigenvalue weighted by Gasteiger charge is 2.50. The smallest absolute Gasteiger partial charge is 0.388 e. The molecule has 1 amide bonds. The van der Waals surface area contributed by atoms with Crippen LogP contribution in [0, 0.1) is 0 Å². The Morgan fingerprint density at radius 3 is 1.46 bits per heavy atom. The van der Waals surface area contributed by atoms with Gasteiger partial charge in [0.15, 0.2) is 6.29 Å². The fraction of sp³-hybridized carbons (Fsp3) is 0.383. The highest BCUT2D eigenvalue weighted by molar-refractivity contribution is 7.48. The average Bonchev–Trinajstić information content (AvgIpc) is 3.43. The maximum atomic E-state index is 15.0. The Labute approximate surface area is 426 Å². The highest BCUT2D eigenvalue weighted by atomic mass is 31.2. The number of amides is 1. The van der Waals surface area contributed by atoms with Crippen molar-refractivity contribution in [3.63, 3.8) is 0 Å². The predicted octanol–water partition coefficient (Wildman–Crippen LogP) is 12.4. The standard InChI is InChI=1S/C60H72NO10P/c1-2-3-4-5-6-7-8-9-28-41-53(66-43-47-29-16-10-17-30-47)42-55(62)61-56-58(64)57(63)54(46-67-60(50-35-22-13-23-36-50,51-37-24-14-25-38-51)52-39-26-15-27-40-52)70-59(56)71-72(65,68-44-48-31-18-11-19-32-48)69-45-49-33-20-12-21-34-49/h10-27,29-40,53-54,56-59,63-64H,2-9,28,41-46H2,1H3,(H,61,62)/t53-,54-,56-,57-,58-,59-/m1/s1. The second kappa shape index (κ2) is 28.8. The molecule has 6 atom stereocenters. The SMILES string of the molecule is CCCCCCCCCCC[C@H](CC(=O)N[C@H]1[C@@H](OP(=O)(OCc2ccccc2)OCc2ccccc2)O[C@H](COC(c2ccccc2)(c2ccccc2)c2ccccc2)[C@@H](O)[C@@H]1O)OCc1ccccc1. The minimum atomic E-state index is -4.61. The zero-order valence-electron chi connectivity index (χ0n) is 41.5. The molecular weight excluding hydrogens is 926 g/mol. The lowest BCUT2D eigenvalue weighted by atomic mass is 9.80. The molecule has 6 aromatic carbocycles. The van der Waals surface area contributed by atoms with Gasteiger partial charge in [-0.3, -0.25) is 18.4 Å². The van der Waals surface area contributed by atoms with E-state index in [4.69, 9.17) is 27.8 Å². The minimum absolute atomic E-state index is 0.0527. The monoisotopic (exact) mass is 997 g/mol. The van der Waals surface area contributed by atoms with Crippen LogP contribution in [-0.4, -0.2) is 59.5 Å². The largest absolute Gasteiger partial charge is 0.477 e. The third-order valence-electron chi connectivity index (χ3n) is 13.1. The zero-order chi connectivity index (χ0) is 50.3. The molecule has 1 fully saturated rings. The van der Waals surface area contributed by atoms with E-state index in [2.05, 4.69) is 12.2 Å². The third-order valence-corrected chi connectivity index (χ3v) is 14.5. The Bertz CT molecular complexity index is 2330. The molecule has 0 unspecified atom stereocenters. The van der Waals surface area contributed by atoms with Gasteiger partial charge in [0.1, 0.15) is 30.0 Å². The van der Waals surface area contributed by atoms with Gasteiger partial charge in [-0.25, -0.2) is 4.57 Å². The molecule has 1 heterocycles. The first-order valence-corrected chi connectivity index (χ1v) is 27.1. The van der Waals surface area contributed by atoms with E-state index in [1.54, 1.807) is 0 Å². The van der Waals surface area contributed by atoms with Crippen molar-refractivity contribution in [3.05, 3.63) is 215 Å². The molecule has 3 N–H and O–H groups in total. The number of aliphatic hydroxyl groups excluding tert-OH is 2. The van der Waals surface area contributed by atoms with Crippen molar-refractivity contribution in [3.8, 4) is 0 Å². The maximum Gasteiger partial charge on any atom is 0.477 e. The van der Waals surface area contributed by atoms with Crippen molar-refractivity contribution >= 4 is 13.7 Å². The van der Waals surface area contributed by atoms with Crippen LogP contribution in [0.15, 0.2) is 182 Å². The van der Waals surface area contributed by atoms with E-state index in [1.807, 2.05) is 182 Å². The molecule has 1 aliphatic rings. The molecule has 7 rings (SSSR count). The Morgan fingerprint density at radius 1 is 0.583 bits per heavy atom. The average molecular weight is 998 g/mol. The lowest BCUT2D eigenvalue weighted by Gasteiger charge is -2.44. The zero-order valence-corrected chi connectivity index (χ0v) is 42.4. The summed E-state index contributed by atoms with van der Waals surface area (Å²) in [5.41, 5.74) is 3.60. The van der Waals surface area contributed by atoms with Crippen LogP contribution in [0.3, 0.4) is 0 Å². The Hall–Kier alpha value is -5.30. The molecule has 0 saturated carbocycles. The first kappa shape index (κ1) is 54.5. The van der Waals surface area contributed by atoms with E-state index >= 15 is 4.57 Å². The molecule has 11 nitrogen and oxygen atoms in total. The summed E-state index contributed by atoms with van der Waals surface area (Å²) in [6, 6.07) is 55.9. The van der Waals surface area contributed by atoms with Crippen molar-refractivity contribution in [2.45, 2.75) is 140 Å². The summed E-state index contributed by atoms with van der Waals surface area (Å²) in [6.07, 6.45) is 4.30. The molecule has 0 radical (unpaired) electrons. The number of phosphoric ester groups is 1. The van der Waals surface area contributed by atoms with Gasteiger partial charge >= 0.3 is 7.82 Å². The van der Waals surface area contributed by atoms with E-state index in [-0.39, 0.29) is 26.2 Å². The van der Waals surface area contributed by atoms with Crippen molar-refractivity contribution in [2.24, 2.45) is 0 Å². The molecule has 0 spiro atoms. The number of unbranched alkanes of at least 4 members (excludes halogenated alkanes) is 8. The molecular formula is C60H72NO10P. The number of phosphoric acid groups is 1. The molecule has 0 aromatic heterocycles. The number of ether oxygens (including phenoxy) is 3. The van der Waals surface area contributed by atoms with Crippen LogP contribution in [0.25, 0.3) is 0 Å². The van der Waals surface area contributed by atoms with Crippen molar-refractivity contribution in [1.82, 2.24) is 5.32 Å². The molecule has 382 valence electrons. The second-order valence-electron chi connectivity index (χ2n) is 18.5. The van der Waals surface area contributed by atoms with Gasteiger partial charge in [0.05, 0.1) is 39.0 Å². The lowest BCUT2D eigenvalue weighted by molar-refractivity contribution is -0.257. The molecule has 72 heavy (non-hydrogen) atoms. The molecule has 1 saturated heterocycles. The van der Waals surface area contributed by atoms with Crippen molar-refractivity contribution < 1.29 is 47.4 Å². The first-order chi connectivity index (χ1) is 35.3. The Morgan fingerprint density at radius 2 is 1.00 bits per heavy atom. The number of carbonyl (C=O) groups is 1. The summed E-state index contributed by atoms with van der Waals surface area (Å²) in [5.74, 6) is -0.478. The van der Waals surface area contributed by atoms with Gasteiger partial charge in [-0.1, -0.05) is 247 Å². The van der Waals surface area contributed by atoms with Crippen LogP contribution in [0.1, 0.15) is 111 Å². The Balaban J connectivity index is 1.15. The van der Waals surface area contributed by atoms with Gasteiger partial charge in [0, 0.05) is 0 Å². The summed E-state index contributed by atoms with van der Waals surface area (Å²) in [5, 5.41) is 27.2. The molecule has 0 aliphatic carbocycles. The van der Waals surface area contributed by atoms with Gasteiger partial charge in [-0.15, -0.1) is 0 Å². The van der Waals surface area contributed by atoms with Crippen LogP contribution >= 0.6 is 7.82 Å². The van der Waals surface area contributed by atoms with Gasteiger partial charge in [-0.05, 0) is 39.8 Å². The first-order valence-electron chi connectivity index (χ1n) is 25.7. The van der Waals surface area contributed by atoms with E-state index in [0.29, 0.717) is 24.2 Å². The second-order valence-corrected chi connectivity index (χ2v) is 20.1. The molecule has 1 aliphatic heterocycles. The third kappa shape index (κ3) is 16.1. The topological polar surface area (TPSA) is 142 Å². The van der Waals surface area contributed by atoms with Gasteiger partial charge < -0.3 is 29.7 Å². The van der Waals surface area contributed by atoms with E-state index in [1.165, 1.54) is 38.5 Å². The quantitative estimate of drug-likeness (QED) is 0.0227. The number of rotatable bonds is 30. The summed E-state index contributed by atoms with van der Waals surface area (Å²) >= 11 is 0. The molecule has 12 heteroatoms. The summed E-state index contributed by atoms with van der Waals surface area (Å²) in [4.78, 5) is 14.3. The van der Waals surface area contributed by atoms with Crippen molar-refractivity contribution in [2.75, 3.05) is 6.61 Å². The Kier molecular flexibility index (Phi) is 21.8. The fourth-order valence-corrected chi connectivity index (χ4v) is 10.4. The van der Waals surface area contributed by atoms with Crippen LogP contribution < -0.4 is 5.32 Å². The number of aliphatic hydroxyl groups is 2. The van der Waals surface area contributed by atoms with E-state index in [9.17, 15) is 15.0 Å². The van der Waals surface area contributed by atoms with Crippen LogP contribution in [-0.2, 0) is 62.6 Å². The van der Waals surface area contributed by atoms with E-state index < -0.39 is 56.1 Å². The number of hydrogen-bond donors (Lipinski definition) is 3. The number of carbonyl (C=O) groups excluding carboxylic acids is 1. The lowest BCUT2D eigenvalue weighted by Crippen LogP contribution is -2.65. The number of hydrogen-bond acceptors (Lipinski definition) is 10. The summed E-state index contributed by atoms with van der Waals surface area (Å²) in [7, 11) is -4.61. The van der Waals surface area contributed by atoms with Gasteiger partial charge in [0.2, 0.25) is 5.91 Å². The summed E-state index contributed by atoms with van der Waals surface area (Å²) < 4.78 is 53.5. The molecule has 6 aromatic rings. The summed E-state index contributed by atoms with van der Waals surface area (Å²) in [6.45, 7) is 1.95. The fourth-order valence-electron chi connectivity index (χ4n) is 9.14. The normalized spacial score (nSPS) is 18.6. The number of nitrogens with one attached hydrogen (secondary N) is 1. The van der Waals surface area contributed by atoms with Gasteiger partial charge in [0.25, 0.3) is 0 Å².